The van der Waals surface area contributed by atoms with E-state index in [1.807, 2.05) is 41.5 Å². The molecule has 200 valence electrons. The van der Waals surface area contributed by atoms with E-state index in [1.54, 1.807) is 0 Å². The minimum absolute atomic E-state index is 0.411. The van der Waals surface area contributed by atoms with Gasteiger partial charge in [0, 0.05) is 0 Å². The summed E-state index contributed by atoms with van der Waals surface area (Å²) in [6.45, 7) is 11.4. The Morgan fingerprint density at radius 1 is 0.588 bits per heavy atom. The molecule has 0 aromatic rings. The molecule has 0 aliphatic heterocycles. The molecule has 0 saturated heterocycles. The van der Waals surface area contributed by atoms with Crippen LogP contribution >= 0.6 is 0 Å². The van der Waals surface area contributed by atoms with E-state index in [0.29, 0.717) is 77.0 Å². The molecule has 0 aromatic heterocycles. The molecular weight excluding hydrogens is 436 g/mol. The van der Waals surface area contributed by atoms with Crippen molar-refractivity contribution < 1.29 is 34.8 Å². The third-order valence-corrected chi connectivity index (χ3v) is 7.65. The van der Waals surface area contributed by atoms with Gasteiger partial charge in [-0.05, 0) is 56.3 Å². The van der Waals surface area contributed by atoms with Crippen LogP contribution in [-0.2, 0) is 14.4 Å². The van der Waals surface area contributed by atoms with Crippen LogP contribution in [0.25, 0.3) is 0 Å². The van der Waals surface area contributed by atoms with Crippen LogP contribution in [0.4, 0.5) is 0 Å². The van der Waals surface area contributed by atoms with Crippen molar-refractivity contribution in [1.29, 1.82) is 0 Å². The maximum Gasteiger partial charge on any atom is 0.337 e. The summed E-state index contributed by atoms with van der Waals surface area (Å²) in [6.07, 6.45) is 6.18. The van der Waals surface area contributed by atoms with Crippen LogP contribution < -0.4 is 0 Å². The van der Waals surface area contributed by atoms with Crippen molar-refractivity contribution in [2.75, 3.05) is 0 Å². The van der Waals surface area contributed by atoms with E-state index >= 15 is 0 Å². The fourth-order valence-electron chi connectivity index (χ4n) is 6.57. The lowest BCUT2D eigenvalue weighted by Gasteiger charge is -2.54. The molecule has 0 amide bonds. The van der Waals surface area contributed by atoms with E-state index < -0.39 is 52.6 Å². The van der Waals surface area contributed by atoms with Gasteiger partial charge in [0.25, 0.3) is 0 Å². The van der Waals surface area contributed by atoms with Crippen molar-refractivity contribution in [3.63, 3.8) is 0 Å². The summed E-state index contributed by atoms with van der Waals surface area (Å²) < 4.78 is 0. The smallest absolute Gasteiger partial charge is 0.337 e. The molecule has 0 fully saturated rings. The number of carboxylic acids is 3. The predicted molar refractivity (Wildman–Crippen MR) is 134 cm³/mol. The standard InChI is InChI=1S/C27H50O7/c1-7-13-19(14-8-2)22(23(28)29)27(34,25(32)33)26(24(30)31,20(15-9-3)16-10-4)21(17-11-5)18-12-6/h19-22,34H,7-18H2,1-6H3,(H,28,29)(H,30,31)(H,32,33). The van der Waals surface area contributed by atoms with Crippen molar-refractivity contribution in [3.8, 4) is 0 Å². The third-order valence-electron chi connectivity index (χ3n) is 7.65. The van der Waals surface area contributed by atoms with Crippen LogP contribution in [0.5, 0.6) is 0 Å². The van der Waals surface area contributed by atoms with Crippen LogP contribution in [-0.4, -0.2) is 43.9 Å². The van der Waals surface area contributed by atoms with E-state index in [1.165, 1.54) is 0 Å². The summed E-state index contributed by atoms with van der Waals surface area (Å²) in [5.41, 5.74) is -5.05. The molecule has 0 aliphatic carbocycles. The van der Waals surface area contributed by atoms with Gasteiger partial charge >= 0.3 is 17.9 Å². The lowest BCUT2D eigenvalue weighted by atomic mass is 9.49. The molecule has 0 rings (SSSR count). The predicted octanol–water partition coefficient (Wildman–Crippen LogP) is 6.22. The van der Waals surface area contributed by atoms with Gasteiger partial charge in [0.2, 0.25) is 0 Å². The van der Waals surface area contributed by atoms with Crippen molar-refractivity contribution in [2.45, 2.75) is 124 Å². The molecule has 0 heterocycles. The molecule has 0 saturated carbocycles. The minimum Gasteiger partial charge on any atom is -0.481 e. The lowest BCUT2D eigenvalue weighted by molar-refractivity contribution is -0.229. The number of carboxylic acid groups (broad SMARTS) is 3. The van der Waals surface area contributed by atoms with Gasteiger partial charge in [-0.25, -0.2) is 4.79 Å². The van der Waals surface area contributed by atoms with Gasteiger partial charge in [-0.3, -0.25) is 9.59 Å². The highest BCUT2D eigenvalue weighted by molar-refractivity contribution is 5.94. The number of carbonyl (C=O) groups is 3. The van der Waals surface area contributed by atoms with Crippen molar-refractivity contribution in [2.24, 2.45) is 29.1 Å². The fourth-order valence-corrected chi connectivity index (χ4v) is 6.57. The van der Waals surface area contributed by atoms with E-state index in [0.717, 1.165) is 0 Å². The van der Waals surface area contributed by atoms with Gasteiger partial charge < -0.3 is 20.4 Å². The van der Waals surface area contributed by atoms with Crippen LogP contribution in [0, 0.1) is 29.1 Å². The molecule has 0 radical (unpaired) electrons. The third kappa shape index (κ3) is 6.52. The summed E-state index contributed by atoms with van der Waals surface area (Å²) in [7, 11) is 0. The quantitative estimate of drug-likeness (QED) is 0.160. The Bertz CT molecular complexity index is 598. The van der Waals surface area contributed by atoms with Gasteiger partial charge in [-0.15, -0.1) is 0 Å². The lowest BCUT2D eigenvalue weighted by Crippen LogP contribution is -2.70. The van der Waals surface area contributed by atoms with Gasteiger partial charge in [0.05, 0.1) is 0 Å². The Morgan fingerprint density at radius 3 is 1.12 bits per heavy atom. The molecule has 2 atom stereocenters. The summed E-state index contributed by atoms with van der Waals surface area (Å²) in [4.78, 5) is 39.3. The maximum absolute atomic E-state index is 13.4. The van der Waals surface area contributed by atoms with E-state index in [-0.39, 0.29) is 0 Å². The molecule has 7 nitrogen and oxygen atoms in total. The Morgan fingerprint density at radius 2 is 0.912 bits per heavy atom. The van der Waals surface area contributed by atoms with Crippen molar-refractivity contribution in [1.82, 2.24) is 0 Å². The van der Waals surface area contributed by atoms with Crippen LogP contribution in [0.2, 0.25) is 0 Å². The molecule has 4 N–H and O–H groups in total. The van der Waals surface area contributed by atoms with Crippen LogP contribution in [0.3, 0.4) is 0 Å². The number of aliphatic carboxylic acids is 3. The SMILES string of the molecule is CCCC(CCC)C(C(=O)O)C(O)(C(=O)O)C(C(=O)O)(C(CCC)CCC)C(CCC)CCC. The Balaban J connectivity index is 7.70. The van der Waals surface area contributed by atoms with Gasteiger partial charge in [0.1, 0.15) is 11.3 Å². The molecule has 0 bridgehead atoms. The molecule has 0 aromatic carbocycles. The fraction of sp³-hybridized carbons (Fsp3) is 0.889. The van der Waals surface area contributed by atoms with Crippen LogP contribution in [0.1, 0.15) is 119 Å². The number of hydrogen-bond acceptors (Lipinski definition) is 4. The van der Waals surface area contributed by atoms with E-state index in [2.05, 4.69) is 0 Å². The first-order valence-corrected chi connectivity index (χ1v) is 13.4. The van der Waals surface area contributed by atoms with Gasteiger partial charge in [-0.1, -0.05) is 80.1 Å². The zero-order chi connectivity index (χ0) is 26.5. The average Bonchev–Trinajstić information content (AvgIpc) is 2.74. The molecule has 7 heteroatoms. The van der Waals surface area contributed by atoms with Crippen molar-refractivity contribution in [3.05, 3.63) is 0 Å². The Hall–Kier alpha value is -1.63. The largest absolute Gasteiger partial charge is 0.481 e. The topological polar surface area (TPSA) is 132 Å². The van der Waals surface area contributed by atoms with Gasteiger partial charge in [-0.2, -0.15) is 0 Å². The average molecular weight is 487 g/mol. The second-order valence-electron chi connectivity index (χ2n) is 9.95. The Kier molecular flexibility index (Phi) is 14.6. The maximum atomic E-state index is 13.4. The second-order valence-corrected chi connectivity index (χ2v) is 9.95. The highest BCUT2D eigenvalue weighted by atomic mass is 16.4. The molecule has 0 aliphatic rings. The van der Waals surface area contributed by atoms with Crippen molar-refractivity contribution >= 4 is 17.9 Å². The number of rotatable bonds is 20. The number of hydrogen-bond donors (Lipinski definition) is 4. The second kappa shape index (κ2) is 15.4. The Labute approximate surface area is 206 Å². The number of aliphatic hydroxyl groups is 1. The molecule has 2 unspecified atom stereocenters. The first-order chi connectivity index (χ1) is 16.0. The summed E-state index contributed by atoms with van der Waals surface area (Å²) in [5, 5.41) is 44.2. The van der Waals surface area contributed by atoms with Crippen LogP contribution in [0.15, 0.2) is 0 Å². The molecular formula is C27H50O7. The first kappa shape index (κ1) is 32.4. The highest BCUT2D eigenvalue weighted by Crippen LogP contribution is 2.57. The summed E-state index contributed by atoms with van der Waals surface area (Å²) in [5.74, 6) is -8.21. The molecule has 0 spiro atoms. The zero-order valence-corrected chi connectivity index (χ0v) is 22.3. The summed E-state index contributed by atoms with van der Waals surface area (Å²) >= 11 is 0. The highest BCUT2D eigenvalue weighted by Gasteiger charge is 2.72. The van der Waals surface area contributed by atoms with E-state index in [4.69, 9.17) is 0 Å². The van der Waals surface area contributed by atoms with Gasteiger partial charge in [0.15, 0.2) is 5.60 Å². The van der Waals surface area contributed by atoms with E-state index in [9.17, 15) is 34.8 Å². The monoisotopic (exact) mass is 486 g/mol. The zero-order valence-electron chi connectivity index (χ0n) is 22.3. The normalized spacial score (nSPS) is 15.0. The minimum atomic E-state index is -2.94. The molecule has 34 heavy (non-hydrogen) atoms. The first-order valence-electron chi connectivity index (χ1n) is 13.4. The summed E-state index contributed by atoms with van der Waals surface area (Å²) in [6, 6.07) is 0.